The van der Waals surface area contributed by atoms with Gasteiger partial charge in [0.1, 0.15) is 18.2 Å². The maximum Gasteiger partial charge on any atom is 0.336 e. The van der Waals surface area contributed by atoms with Crippen LogP contribution in [0.5, 0.6) is 11.5 Å². The number of hydrogen-bond donors (Lipinski definition) is 3. The third kappa shape index (κ3) is 6.91. The smallest absolute Gasteiger partial charge is 0.336 e. The Labute approximate surface area is 284 Å². The Bertz CT molecular complexity index is 1620. The van der Waals surface area contributed by atoms with Crippen molar-refractivity contribution < 1.29 is 42.7 Å². The van der Waals surface area contributed by atoms with Gasteiger partial charge in [0.05, 0.1) is 22.8 Å². The maximum atomic E-state index is 16.5. The number of benzene rings is 3. The number of carboxylic acid groups (broad SMARTS) is 1. The molecule has 0 aromatic heterocycles. The van der Waals surface area contributed by atoms with E-state index in [1.54, 1.807) is 0 Å². The molecule has 1 saturated carbocycles. The topological polar surface area (TPSA) is 106 Å². The summed E-state index contributed by atoms with van der Waals surface area (Å²) in [6.45, 7) is 4.79. The Morgan fingerprint density at radius 1 is 1.06 bits per heavy atom. The van der Waals surface area contributed by atoms with Crippen molar-refractivity contribution >= 4 is 17.6 Å². The predicted octanol–water partition coefficient (Wildman–Crippen LogP) is 7.58. The van der Waals surface area contributed by atoms with Gasteiger partial charge in [0.25, 0.3) is 0 Å². The molecule has 3 aromatic carbocycles. The predicted molar refractivity (Wildman–Crippen MR) is 177 cm³/mol. The van der Waals surface area contributed by atoms with Crippen LogP contribution in [0.3, 0.4) is 0 Å². The van der Waals surface area contributed by atoms with Gasteiger partial charge in [-0.1, -0.05) is 48.9 Å². The van der Waals surface area contributed by atoms with Gasteiger partial charge in [-0.3, -0.25) is 0 Å². The van der Waals surface area contributed by atoms with Crippen LogP contribution in [0.1, 0.15) is 86.2 Å². The molecule has 11 heteroatoms. The number of aromatic carboxylic acids is 1. The molecule has 3 unspecified atom stereocenters. The zero-order valence-corrected chi connectivity index (χ0v) is 28.0. The van der Waals surface area contributed by atoms with Gasteiger partial charge in [0.2, 0.25) is 0 Å². The van der Waals surface area contributed by atoms with E-state index in [0.29, 0.717) is 31.6 Å². The Morgan fingerprint density at radius 2 is 1.81 bits per heavy atom. The highest BCUT2D eigenvalue weighted by Crippen LogP contribution is 2.56. The molecule has 258 valence electrons. The fraction of sp³-hybridized carbons (Fsp3) is 0.486. The van der Waals surface area contributed by atoms with Gasteiger partial charge in [-0.05, 0) is 69.6 Å². The molecule has 3 atom stereocenters. The molecule has 2 heterocycles. The first kappa shape index (κ1) is 34.6. The molecule has 3 N–H and O–H groups in total. The molecule has 48 heavy (non-hydrogen) atoms. The fourth-order valence-electron chi connectivity index (χ4n) is 7.22. The Kier molecular flexibility index (Phi) is 10.3. The quantitative estimate of drug-likeness (QED) is 0.178. The van der Waals surface area contributed by atoms with Gasteiger partial charge in [0, 0.05) is 47.9 Å². The highest BCUT2D eigenvalue weighted by atomic mass is 35.5. The normalized spacial score (nSPS) is 26.9. The van der Waals surface area contributed by atoms with Crippen molar-refractivity contribution in [2.45, 2.75) is 88.2 Å². The van der Waals surface area contributed by atoms with E-state index >= 15 is 8.78 Å². The molecule has 0 spiro atoms. The number of halogens is 3. The van der Waals surface area contributed by atoms with E-state index in [-0.39, 0.29) is 48.2 Å². The molecule has 0 bridgehead atoms. The second-order valence-electron chi connectivity index (χ2n) is 13.3. The molecule has 2 aliphatic heterocycles. The second kappa shape index (κ2) is 14.3. The number of fused-ring (bicyclic) bond motifs is 1. The average Bonchev–Trinajstić information content (AvgIpc) is 3.36. The Hall–Kier alpha value is -3.28. The van der Waals surface area contributed by atoms with E-state index in [4.69, 9.17) is 30.5 Å². The lowest BCUT2D eigenvalue weighted by atomic mass is 9.77. The standard InChI is InChI=1S/C37H42ClF2NO7/c1-22-30-28(48-37(22,23-8-4-3-5-9-23)21-41-24-13-15-36(2,44)16-14-24)20-26(39)33(38)32(30)31-25(35(42)43)11-12-27(34(31)40)45-18-19-47-29-10-6-7-17-46-29/h3-5,8-9,11-12,20,22,24,29,41,44H,6-7,10,13-19,21H2,1-2H3,(H,42,43). The molecule has 0 radical (unpaired) electrons. The van der Waals surface area contributed by atoms with Gasteiger partial charge < -0.3 is 34.5 Å². The highest BCUT2D eigenvalue weighted by Gasteiger charge is 2.50. The minimum atomic E-state index is -1.40. The zero-order valence-electron chi connectivity index (χ0n) is 27.2. The first-order valence-corrected chi connectivity index (χ1v) is 17.0. The maximum absolute atomic E-state index is 16.5. The van der Waals surface area contributed by atoms with Crippen LogP contribution in [0, 0.1) is 11.6 Å². The van der Waals surface area contributed by atoms with Crippen LogP contribution < -0.4 is 14.8 Å². The summed E-state index contributed by atoms with van der Waals surface area (Å²) in [5.74, 6) is -3.84. The lowest BCUT2D eigenvalue weighted by Gasteiger charge is -2.38. The summed E-state index contributed by atoms with van der Waals surface area (Å²) in [6.07, 6.45) is 5.22. The number of aliphatic hydroxyl groups is 1. The number of nitrogens with one attached hydrogen (secondary N) is 1. The van der Waals surface area contributed by atoms with E-state index in [2.05, 4.69) is 5.32 Å². The number of carbonyl (C=O) groups is 1. The van der Waals surface area contributed by atoms with Crippen LogP contribution in [0.25, 0.3) is 11.1 Å². The van der Waals surface area contributed by atoms with Crippen molar-refractivity contribution in [3.05, 3.63) is 81.9 Å². The number of rotatable bonds is 11. The second-order valence-corrected chi connectivity index (χ2v) is 13.7. The van der Waals surface area contributed by atoms with E-state index in [0.717, 1.165) is 37.7 Å². The third-order valence-corrected chi connectivity index (χ3v) is 10.4. The minimum Gasteiger partial charge on any atom is -0.488 e. The molecule has 3 aliphatic rings. The first-order valence-electron chi connectivity index (χ1n) is 16.6. The SMILES string of the molecule is CC1c2c(cc(F)c(Cl)c2-c2c(C(=O)O)ccc(OCCOC3CCCCO3)c2F)OC1(CNC1CCC(C)(O)CC1)c1ccccc1. The van der Waals surface area contributed by atoms with Crippen molar-refractivity contribution in [2.24, 2.45) is 0 Å². The molecule has 1 saturated heterocycles. The summed E-state index contributed by atoms with van der Waals surface area (Å²) in [5.41, 5.74) is -1.41. The number of ether oxygens (including phenoxy) is 4. The van der Waals surface area contributed by atoms with Crippen LogP contribution in [0.2, 0.25) is 5.02 Å². The van der Waals surface area contributed by atoms with Gasteiger partial charge in [-0.2, -0.15) is 0 Å². The van der Waals surface area contributed by atoms with Crippen LogP contribution in [-0.4, -0.2) is 60.5 Å². The molecular weight excluding hydrogens is 644 g/mol. The van der Waals surface area contributed by atoms with Crippen LogP contribution in [0.4, 0.5) is 8.78 Å². The summed E-state index contributed by atoms with van der Waals surface area (Å²) in [7, 11) is 0. The van der Waals surface area contributed by atoms with Crippen molar-refractivity contribution in [3.63, 3.8) is 0 Å². The summed E-state index contributed by atoms with van der Waals surface area (Å²) < 4.78 is 55.9. The van der Waals surface area contributed by atoms with Crippen molar-refractivity contribution in [1.29, 1.82) is 0 Å². The zero-order chi connectivity index (χ0) is 34.1. The Morgan fingerprint density at radius 3 is 2.50 bits per heavy atom. The monoisotopic (exact) mass is 685 g/mol. The average molecular weight is 686 g/mol. The molecular formula is C37H42ClF2NO7. The third-order valence-electron chi connectivity index (χ3n) is 9.99. The van der Waals surface area contributed by atoms with E-state index in [1.807, 2.05) is 44.2 Å². The van der Waals surface area contributed by atoms with E-state index in [1.165, 1.54) is 18.2 Å². The van der Waals surface area contributed by atoms with Crippen LogP contribution >= 0.6 is 11.6 Å². The minimum absolute atomic E-state index is 0.0173. The van der Waals surface area contributed by atoms with Gasteiger partial charge >= 0.3 is 5.97 Å². The lowest BCUT2D eigenvalue weighted by molar-refractivity contribution is -0.165. The molecule has 0 amide bonds. The summed E-state index contributed by atoms with van der Waals surface area (Å²) in [6, 6.07) is 13.3. The first-order chi connectivity index (χ1) is 23.0. The number of carboxylic acids is 1. The van der Waals surface area contributed by atoms with Crippen LogP contribution in [0.15, 0.2) is 48.5 Å². The molecule has 1 aliphatic carbocycles. The molecule has 6 rings (SSSR count). The molecule has 8 nitrogen and oxygen atoms in total. The summed E-state index contributed by atoms with van der Waals surface area (Å²) in [4.78, 5) is 12.5. The Balaban J connectivity index is 1.36. The van der Waals surface area contributed by atoms with E-state index in [9.17, 15) is 15.0 Å². The fourth-order valence-corrected chi connectivity index (χ4v) is 7.47. The van der Waals surface area contributed by atoms with Crippen LogP contribution in [-0.2, 0) is 15.1 Å². The number of hydrogen-bond acceptors (Lipinski definition) is 7. The summed E-state index contributed by atoms with van der Waals surface area (Å²) in [5, 5.41) is 23.9. The largest absolute Gasteiger partial charge is 0.488 e. The molecule has 2 fully saturated rings. The van der Waals surface area contributed by atoms with Gasteiger partial charge in [-0.15, -0.1) is 0 Å². The highest BCUT2D eigenvalue weighted by molar-refractivity contribution is 6.34. The van der Waals surface area contributed by atoms with Crippen molar-refractivity contribution in [2.75, 3.05) is 26.4 Å². The van der Waals surface area contributed by atoms with Crippen molar-refractivity contribution in [3.8, 4) is 22.6 Å². The lowest BCUT2D eigenvalue weighted by Crippen LogP contribution is -2.49. The van der Waals surface area contributed by atoms with Crippen molar-refractivity contribution in [1.82, 2.24) is 5.32 Å². The summed E-state index contributed by atoms with van der Waals surface area (Å²) >= 11 is 6.65. The van der Waals surface area contributed by atoms with Gasteiger partial charge in [0.15, 0.2) is 23.5 Å². The molecule has 3 aromatic rings. The van der Waals surface area contributed by atoms with E-state index < -0.39 is 45.3 Å². The van der Waals surface area contributed by atoms with Gasteiger partial charge in [-0.25, -0.2) is 13.6 Å².